The molecule has 45 heavy (non-hydrogen) atoms. The minimum Gasteiger partial charge on any atom is -0.358 e. The third-order valence-corrected chi connectivity index (χ3v) is 7.89. The highest BCUT2D eigenvalue weighted by Gasteiger charge is 2.59. The fourth-order valence-corrected chi connectivity index (χ4v) is 5.54. The molecule has 1 spiro atoms. The van der Waals surface area contributed by atoms with Crippen molar-refractivity contribution in [1.29, 1.82) is 0 Å². The summed E-state index contributed by atoms with van der Waals surface area (Å²) in [6.07, 6.45) is -4.18. The van der Waals surface area contributed by atoms with Crippen molar-refractivity contribution in [2.45, 2.75) is 50.4 Å². The molecule has 5 rings (SSSR count). The fourth-order valence-electron chi connectivity index (χ4n) is 5.54. The van der Waals surface area contributed by atoms with Crippen LogP contribution >= 0.6 is 0 Å². The number of hydrogen-bond donors (Lipinski definition) is 2. The summed E-state index contributed by atoms with van der Waals surface area (Å²) in [6.45, 7) is -1.41. The lowest BCUT2D eigenvalue weighted by Crippen LogP contribution is -2.51. The number of aromatic nitrogens is 2. The van der Waals surface area contributed by atoms with Gasteiger partial charge < -0.3 is 15.5 Å². The Labute approximate surface area is 252 Å². The normalized spacial score (nSPS) is 19.9. The molecule has 0 unspecified atom stereocenters. The van der Waals surface area contributed by atoms with Gasteiger partial charge in [0.1, 0.15) is 42.5 Å². The van der Waals surface area contributed by atoms with Crippen LogP contribution in [0.3, 0.4) is 0 Å². The molecule has 2 aromatic carbocycles. The number of urea groups is 1. The molecule has 0 saturated carbocycles. The van der Waals surface area contributed by atoms with E-state index >= 15 is 4.39 Å². The number of halogens is 6. The van der Waals surface area contributed by atoms with Crippen LogP contribution in [0.4, 0.5) is 31.1 Å². The van der Waals surface area contributed by atoms with Gasteiger partial charge in [0, 0.05) is 37.8 Å². The summed E-state index contributed by atoms with van der Waals surface area (Å²) in [5.41, 5.74) is -0.966. The molecule has 2 N–H and O–H groups in total. The van der Waals surface area contributed by atoms with Crippen molar-refractivity contribution in [1.82, 2.24) is 30.2 Å². The number of likely N-dealkylation sites (N-methyl/N-ethyl adjacent to an activating group) is 1. The number of fused-ring (bicyclic) bond motifs is 2. The topological polar surface area (TPSA) is 117 Å². The van der Waals surface area contributed by atoms with Crippen LogP contribution in [0.1, 0.15) is 36.2 Å². The van der Waals surface area contributed by atoms with Crippen LogP contribution in [0.25, 0.3) is 11.1 Å². The molecule has 238 valence electrons. The Hall–Kier alpha value is -4.89. The Bertz CT molecular complexity index is 1670. The minimum atomic E-state index is -4.96. The molecule has 5 amide bonds. The van der Waals surface area contributed by atoms with Crippen molar-refractivity contribution in [3.63, 3.8) is 0 Å². The maximum atomic E-state index is 15.4. The Morgan fingerprint density at radius 1 is 1.11 bits per heavy atom. The molecular formula is C29H26F6N6O4. The Morgan fingerprint density at radius 2 is 1.80 bits per heavy atom. The standard InChI is InChI=1S/C29H26F6N6O4/c1-15(29(33,34)35)40(11-16-5-19(30)8-20(31)6-16)25(43)14-41-26(44)28(38-27(41)45)9-23(32)21-7-17(3-4-22(21)28)18-10-37-39(12-18)13-24(42)36-2/h3-8,10,12,15,23H,9,11,13-14H2,1-2H3,(H,36,42)(H,38,45)/t15-,23+,28-/m0/s1. The average molecular weight is 637 g/mol. The highest BCUT2D eigenvalue weighted by Crippen LogP contribution is 2.49. The van der Waals surface area contributed by atoms with E-state index in [4.69, 9.17) is 0 Å². The Morgan fingerprint density at radius 3 is 2.44 bits per heavy atom. The van der Waals surface area contributed by atoms with Gasteiger partial charge in [-0.15, -0.1) is 0 Å². The molecule has 1 aromatic heterocycles. The van der Waals surface area contributed by atoms with Crippen molar-refractivity contribution >= 4 is 23.8 Å². The first-order valence-corrected chi connectivity index (χ1v) is 13.6. The van der Waals surface area contributed by atoms with E-state index in [-0.39, 0.29) is 34.0 Å². The third-order valence-electron chi connectivity index (χ3n) is 7.89. The first kappa shape index (κ1) is 31.5. The SMILES string of the molecule is CNC(=O)Cn1cc(-c2ccc3c(c2)[C@H](F)C[C@]32NC(=O)N(CC(=O)N(Cc3cc(F)cc(F)c3)[C@@H](C)C(F)(F)F)C2=O)cn1. The van der Waals surface area contributed by atoms with Gasteiger partial charge in [-0.05, 0) is 47.4 Å². The first-order valence-electron chi connectivity index (χ1n) is 13.6. The van der Waals surface area contributed by atoms with E-state index in [1.807, 2.05) is 0 Å². The monoisotopic (exact) mass is 636 g/mol. The van der Waals surface area contributed by atoms with Crippen LogP contribution in [-0.4, -0.2) is 69.1 Å². The van der Waals surface area contributed by atoms with Gasteiger partial charge in [0.05, 0.1) is 6.20 Å². The Kier molecular flexibility index (Phi) is 8.10. The van der Waals surface area contributed by atoms with Crippen LogP contribution in [0.15, 0.2) is 48.8 Å². The van der Waals surface area contributed by atoms with Gasteiger partial charge in [0.2, 0.25) is 11.8 Å². The second-order valence-corrected chi connectivity index (χ2v) is 10.8. The van der Waals surface area contributed by atoms with Gasteiger partial charge in [0.15, 0.2) is 0 Å². The van der Waals surface area contributed by atoms with E-state index in [1.165, 1.54) is 30.1 Å². The summed E-state index contributed by atoms with van der Waals surface area (Å²) in [4.78, 5) is 52.1. The lowest BCUT2D eigenvalue weighted by Gasteiger charge is -2.32. The largest absolute Gasteiger partial charge is 0.408 e. The van der Waals surface area contributed by atoms with Gasteiger partial charge in [0.25, 0.3) is 5.91 Å². The fraction of sp³-hybridized carbons (Fsp3) is 0.345. The van der Waals surface area contributed by atoms with Crippen molar-refractivity contribution in [3.8, 4) is 11.1 Å². The van der Waals surface area contributed by atoms with Crippen molar-refractivity contribution < 1.29 is 45.5 Å². The quantitative estimate of drug-likeness (QED) is 0.289. The summed E-state index contributed by atoms with van der Waals surface area (Å²) in [7, 11) is 1.47. The lowest BCUT2D eigenvalue weighted by atomic mass is 9.90. The van der Waals surface area contributed by atoms with Crippen LogP contribution in [0, 0.1) is 11.6 Å². The first-order chi connectivity index (χ1) is 21.1. The molecular weight excluding hydrogens is 610 g/mol. The number of imide groups is 1. The summed E-state index contributed by atoms with van der Waals surface area (Å²) in [6, 6.07) is 2.90. The summed E-state index contributed by atoms with van der Waals surface area (Å²) >= 11 is 0. The van der Waals surface area contributed by atoms with Crippen LogP contribution in [0.5, 0.6) is 0 Å². The number of amides is 5. The average Bonchev–Trinajstić information content (AvgIpc) is 3.61. The number of hydrogen-bond acceptors (Lipinski definition) is 5. The van der Waals surface area contributed by atoms with Crippen molar-refractivity contribution in [2.24, 2.45) is 0 Å². The predicted molar refractivity (Wildman–Crippen MR) is 145 cm³/mol. The van der Waals surface area contributed by atoms with Crippen molar-refractivity contribution in [3.05, 3.63) is 77.1 Å². The van der Waals surface area contributed by atoms with E-state index in [1.54, 1.807) is 12.3 Å². The van der Waals surface area contributed by atoms with Gasteiger partial charge in [-0.3, -0.25) is 24.0 Å². The number of carbonyl (C=O) groups excluding carboxylic acids is 4. The maximum Gasteiger partial charge on any atom is 0.408 e. The number of alkyl halides is 4. The van der Waals surface area contributed by atoms with E-state index < -0.39 is 72.9 Å². The second-order valence-electron chi connectivity index (χ2n) is 10.8. The van der Waals surface area contributed by atoms with E-state index in [9.17, 15) is 41.1 Å². The smallest absolute Gasteiger partial charge is 0.358 e. The predicted octanol–water partition coefficient (Wildman–Crippen LogP) is 3.72. The zero-order valence-corrected chi connectivity index (χ0v) is 23.8. The summed E-state index contributed by atoms with van der Waals surface area (Å²) < 4.78 is 85.4. The summed E-state index contributed by atoms with van der Waals surface area (Å²) in [5.74, 6) is -4.81. The Balaban J connectivity index is 1.39. The van der Waals surface area contributed by atoms with E-state index in [0.29, 0.717) is 29.0 Å². The van der Waals surface area contributed by atoms with Crippen LogP contribution in [0.2, 0.25) is 0 Å². The number of benzene rings is 2. The number of nitrogens with zero attached hydrogens (tertiary/aromatic N) is 4. The molecule has 16 heteroatoms. The molecule has 0 radical (unpaired) electrons. The maximum absolute atomic E-state index is 15.4. The van der Waals surface area contributed by atoms with Gasteiger partial charge in [-0.1, -0.05) is 12.1 Å². The van der Waals surface area contributed by atoms with E-state index in [0.717, 1.165) is 12.1 Å². The lowest BCUT2D eigenvalue weighted by molar-refractivity contribution is -0.187. The molecule has 0 bridgehead atoms. The molecule has 2 heterocycles. The van der Waals surface area contributed by atoms with Crippen molar-refractivity contribution in [2.75, 3.05) is 13.6 Å². The molecule has 1 aliphatic heterocycles. The minimum absolute atomic E-state index is 0.0519. The molecule has 1 fully saturated rings. The molecule has 3 aromatic rings. The summed E-state index contributed by atoms with van der Waals surface area (Å²) in [5, 5.41) is 8.99. The zero-order valence-electron chi connectivity index (χ0n) is 23.8. The number of rotatable bonds is 8. The number of nitrogens with one attached hydrogen (secondary N) is 2. The van der Waals surface area contributed by atoms with Crippen LogP contribution < -0.4 is 10.6 Å². The molecule has 1 aliphatic carbocycles. The van der Waals surface area contributed by atoms with Gasteiger partial charge in [-0.25, -0.2) is 18.0 Å². The number of carbonyl (C=O) groups is 4. The van der Waals surface area contributed by atoms with Crippen LogP contribution in [-0.2, 0) is 33.0 Å². The molecule has 3 atom stereocenters. The zero-order chi connectivity index (χ0) is 32.8. The molecule has 10 nitrogen and oxygen atoms in total. The van der Waals surface area contributed by atoms with Gasteiger partial charge >= 0.3 is 12.2 Å². The van der Waals surface area contributed by atoms with E-state index in [2.05, 4.69) is 15.7 Å². The third kappa shape index (κ3) is 5.95. The molecule has 2 aliphatic rings. The van der Waals surface area contributed by atoms with Gasteiger partial charge in [-0.2, -0.15) is 18.3 Å². The highest BCUT2D eigenvalue weighted by atomic mass is 19.4. The second kappa shape index (κ2) is 11.6. The highest BCUT2D eigenvalue weighted by molar-refractivity contribution is 6.10. The molecule has 1 saturated heterocycles.